The van der Waals surface area contributed by atoms with E-state index in [1.165, 1.54) is 0 Å². The van der Waals surface area contributed by atoms with Gasteiger partial charge in [-0.15, -0.1) is 0 Å². The van der Waals surface area contributed by atoms with Crippen molar-refractivity contribution in [1.82, 2.24) is 9.38 Å². The van der Waals surface area contributed by atoms with Gasteiger partial charge in [-0.1, -0.05) is 29.8 Å². The first-order valence-corrected chi connectivity index (χ1v) is 6.35. The topological polar surface area (TPSA) is 54.6 Å². The Morgan fingerprint density at radius 1 is 1.10 bits per heavy atom. The Morgan fingerprint density at radius 3 is 2.45 bits per heavy atom. The van der Waals surface area contributed by atoms with Gasteiger partial charge >= 0.3 is 5.97 Å². The van der Waals surface area contributed by atoms with Crippen molar-refractivity contribution in [3.8, 4) is 11.4 Å². The highest BCUT2D eigenvalue weighted by atomic mass is 16.4. The minimum absolute atomic E-state index is 0.0873. The third-order valence-electron chi connectivity index (χ3n) is 3.31. The third-order valence-corrected chi connectivity index (χ3v) is 3.31. The molecule has 0 radical (unpaired) electrons. The van der Waals surface area contributed by atoms with Gasteiger partial charge in [0, 0.05) is 11.8 Å². The smallest absolute Gasteiger partial charge is 0.356 e. The molecule has 0 aliphatic heterocycles. The fraction of sp³-hybridized carbons (Fsp3) is 0.125. The van der Waals surface area contributed by atoms with Crippen LogP contribution in [-0.2, 0) is 0 Å². The summed E-state index contributed by atoms with van der Waals surface area (Å²) >= 11 is 0. The lowest BCUT2D eigenvalue weighted by atomic mass is 10.1. The first-order chi connectivity index (χ1) is 9.56. The molecular weight excluding hydrogens is 252 g/mol. The predicted octanol–water partition coefficient (Wildman–Crippen LogP) is 3.32. The summed E-state index contributed by atoms with van der Waals surface area (Å²) in [6.45, 7) is 3.95. The molecule has 0 saturated carbocycles. The van der Waals surface area contributed by atoms with Gasteiger partial charge in [-0.05, 0) is 31.5 Å². The summed E-state index contributed by atoms with van der Waals surface area (Å²) < 4.78 is 1.82. The average molecular weight is 266 g/mol. The number of nitrogens with zero attached hydrogens (tertiary/aromatic N) is 2. The quantitative estimate of drug-likeness (QED) is 0.774. The lowest BCUT2D eigenvalue weighted by molar-refractivity contribution is 0.0693. The molecule has 0 unspecified atom stereocenters. The van der Waals surface area contributed by atoms with Gasteiger partial charge in [0.25, 0.3) is 0 Å². The molecule has 0 spiro atoms. The zero-order chi connectivity index (χ0) is 14.3. The van der Waals surface area contributed by atoms with Crippen LogP contribution >= 0.6 is 0 Å². The predicted molar refractivity (Wildman–Crippen MR) is 77.1 cm³/mol. The van der Waals surface area contributed by atoms with Crippen molar-refractivity contribution in [2.45, 2.75) is 13.8 Å². The van der Waals surface area contributed by atoms with Gasteiger partial charge in [-0.3, -0.25) is 4.40 Å². The van der Waals surface area contributed by atoms with E-state index < -0.39 is 5.97 Å². The number of aryl methyl sites for hydroxylation is 2. The average Bonchev–Trinajstić information content (AvgIpc) is 2.78. The van der Waals surface area contributed by atoms with Crippen molar-refractivity contribution < 1.29 is 9.90 Å². The molecule has 3 aromatic rings. The second-order valence-electron chi connectivity index (χ2n) is 4.91. The highest BCUT2D eigenvalue weighted by Crippen LogP contribution is 2.24. The van der Waals surface area contributed by atoms with Gasteiger partial charge in [0.1, 0.15) is 5.82 Å². The number of aromatic carboxylic acids is 1. The molecule has 0 atom stereocenters. The highest BCUT2D eigenvalue weighted by molar-refractivity contribution is 5.95. The summed E-state index contributed by atoms with van der Waals surface area (Å²) in [5.74, 6) is -0.358. The first-order valence-electron chi connectivity index (χ1n) is 6.35. The molecule has 100 valence electrons. The van der Waals surface area contributed by atoms with E-state index in [0.29, 0.717) is 11.3 Å². The Morgan fingerprint density at radius 2 is 1.80 bits per heavy atom. The maximum Gasteiger partial charge on any atom is 0.356 e. The molecule has 0 bridgehead atoms. The summed E-state index contributed by atoms with van der Waals surface area (Å²) in [7, 11) is 0. The Balaban J connectivity index is 2.31. The molecule has 2 heterocycles. The van der Waals surface area contributed by atoms with E-state index in [2.05, 4.69) is 4.98 Å². The number of aromatic nitrogens is 2. The lowest BCUT2D eigenvalue weighted by Crippen LogP contribution is -1.97. The summed E-state index contributed by atoms with van der Waals surface area (Å²) in [5, 5.41) is 9.30. The molecule has 0 aliphatic carbocycles. The molecular formula is C16H14N2O2. The maximum absolute atomic E-state index is 11.3. The van der Waals surface area contributed by atoms with Crippen molar-refractivity contribution in [2.24, 2.45) is 0 Å². The number of pyridine rings is 1. The number of imidazole rings is 1. The fourth-order valence-corrected chi connectivity index (χ4v) is 2.25. The molecule has 0 fully saturated rings. The molecule has 1 N–H and O–H groups in total. The van der Waals surface area contributed by atoms with Crippen LogP contribution in [0.15, 0.2) is 42.6 Å². The summed E-state index contributed by atoms with van der Waals surface area (Å²) in [6.07, 6.45) is 1.86. The van der Waals surface area contributed by atoms with Gasteiger partial charge in [0.15, 0.2) is 5.69 Å². The van der Waals surface area contributed by atoms with Gasteiger partial charge in [0.2, 0.25) is 0 Å². The molecule has 4 heteroatoms. The lowest BCUT2D eigenvalue weighted by Gasteiger charge is -2.02. The first kappa shape index (κ1) is 12.4. The van der Waals surface area contributed by atoms with Gasteiger partial charge in [0.05, 0.1) is 5.52 Å². The molecule has 3 rings (SSSR count). The molecule has 4 nitrogen and oxygen atoms in total. The number of carbonyl (C=O) groups is 1. The van der Waals surface area contributed by atoms with Crippen molar-refractivity contribution >= 4 is 11.5 Å². The van der Waals surface area contributed by atoms with Crippen LogP contribution in [0.2, 0.25) is 0 Å². The maximum atomic E-state index is 11.3. The Hall–Kier alpha value is -2.62. The van der Waals surface area contributed by atoms with Crippen LogP contribution in [0, 0.1) is 13.8 Å². The van der Waals surface area contributed by atoms with Crippen LogP contribution < -0.4 is 0 Å². The van der Waals surface area contributed by atoms with Crippen LogP contribution in [0.3, 0.4) is 0 Å². The monoisotopic (exact) mass is 266 g/mol. The number of hydrogen-bond acceptors (Lipinski definition) is 2. The Labute approximate surface area is 116 Å². The largest absolute Gasteiger partial charge is 0.476 e. The number of benzene rings is 1. The second kappa shape index (κ2) is 4.49. The van der Waals surface area contributed by atoms with E-state index >= 15 is 0 Å². The van der Waals surface area contributed by atoms with Crippen LogP contribution in [0.1, 0.15) is 21.6 Å². The summed E-state index contributed by atoms with van der Waals surface area (Å²) in [5.41, 5.74) is 3.78. The van der Waals surface area contributed by atoms with E-state index in [4.69, 9.17) is 0 Å². The number of fused-ring (bicyclic) bond motifs is 1. The number of carboxylic acids is 1. The number of hydrogen-bond donors (Lipinski definition) is 1. The van der Waals surface area contributed by atoms with E-state index in [9.17, 15) is 9.90 Å². The van der Waals surface area contributed by atoms with E-state index in [1.54, 1.807) is 0 Å². The van der Waals surface area contributed by atoms with Crippen molar-refractivity contribution in [3.05, 3.63) is 59.4 Å². The van der Waals surface area contributed by atoms with Crippen molar-refractivity contribution in [2.75, 3.05) is 0 Å². The highest BCUT2D eigenvalue weighted by Gasteiger charge is 2.17. The van der Waals surface area contributed by atoms with Gasteiger partial charge in [-0.25, -0.2) is 9.78 Å². The molecule has 1 aromatic carbocycles. The van der Waals surface area contributed by atoms with Gasteiger partial charge in [-0.2, -0.15) is 0 Å². The molecule has 0 aliphatic rings. The molecule has 0 amide bonds. The van der Waals surface area contributed by atoms with E-state index in [-0.39, 0.29) is 5.69 Å². The summed E-state index contributed by atoms with van der Waals surface area (Å²) in [4.78, 5) is 15.6. The normalized spacial score (nSPS) is 10.9. The third kappa shape index (κ3) is 1.95. The number of carboxylic acid groups (broad SMARTS) is 1. The number of rotatable bonds is 2. The minimum atomic E-state index is -1.01. The second-order valence-corrected chi connectivity index (χ2v) is 4.91. The standard InChI is InChI=1S/C16H14N2O2/c1-10-3-5-12(6-4-10)15-17-14(16(19)20)13-9-11(2)7-8-18(13)15/h3-9H,1-2H3,(H,19,20). The van der Waals surface area contributed by atoms with Gasteiger partial charge < -0.3 is 5.11 Å². The van der Waals surface area contributed by atoms with E-state index in [1.807, 2.05) is 60.8 Å². The Kier molecular flexibility index (Phi) is 2.79. The SMILES string of the molecule is Cc1ccc(-c2nc(C(=O)O)c3cc(C)ccn23)cc1. The van der Waals surface area contributed by atoms with Crippen LogP contribution in [0.5, 0.6) is 0 Å². The van der Waals surface area contributed by atoms with Crippen molar-refractivity contribution in [1.29, 1.82) is 0 Å². The van der Waals surface area contributed by atoms with Crippen LogP contribution in [0.4, 0.5) is 0 Å². The van der Waals surface area contributed by atoms with Crippen molar-refractivity contribution in [3.63, 3.8) is 0 Å². The zero-order valence-electron chi connectivity index (χ0n) is 11.3. The summed E-state index contributed by atoms with van der Waals surface area (Å²) in [6, 6.07) is 11.7. The Bertz CT molecular complexity index is 801. The van der Waals surface area contributed by atoms with E-state index in [0.717, 1.165) is 16.7 Å². The van der Waals surface area contributed by atoms with Crippen LogP contribution in [-0.4, -0.2) is 20.5 Å². The van der Waals surface area contributed by atoms with Crippen LogP contribution in [0.25, 0.3) is 16.9 Å². The minimum Gasteiger partial charge on any atom is -0.476 e. The fourth-order valence-electron chi connectivity index (χ4n) is 2.25. The molecule has 20 heavy (non-hydrogen) atoms. The molecule has 2 aromatic heterocycles. The molecule has 0 saturated heterocycles. The zero-order valence-corrected chi connectivity index (χ0v) is 11.3.